The van der Waals surface area contributed by atoms with Gasteiger partial charge in [0.15, 0.2) is 0 Å². The van der Waals surface area contributed by atoms with Gasteiger partial charge in [0.1, 0.15) is 0 Å². The summed E-state index contributed by atoms with van der Waals surface area (Å²) < 4.78 is 31.6. The molecule has 128 valence electrons. The van der Waals surface area contributed by atoms with E-state index in [9.17, 15) is 13.2 Å². The van der Waals surface area contributed by atoms with Gasteiger partial charge in [0, 0.05) is 25.3 Å². The van der Waals surface area contributed by atoms with Crippen LogP contribution < -0.4 is 10.0 Å². The topological polar surface area (TPSA) is 84.5 Å². The molecule has 0 heterocycles. The summed E-state index contributed by atoms with van der Waals surface area (Å²) in [6.07, 6.45) is 5.45. The van der Waals surface area contributed by atoms with Crippen LogP contribution in [-0.2, 0) is 14.8 Å². The molecule has 1 fully saturated rings. The number of benzene rings is 1. The number of rotatable bonds is 7. The third kappa shape index (κ3) is 5.30. The van der Waals surface area contributed by atoms with Crippen LogP contribution in [0.2, 0.25) is 0 Å². The van der Waals surface area contributed by atoms with Gasteiger partial charge in [-0.05, 0) is 31.0 Å². The molecule has 1 aromatic rings. The van der Waals surface area contributed by atoms with Gasteiger partial charge in [-0.15, -0.1) is 0 Å². The van der Waals surface area contributed by atoms with E-state index in [1.807, 2.05) is 0 Å². The van der Waals surface area contributed by atoms with Crippen molar-refractivity contribution in [2.45, 2.75) is 43.0 Å². The largest absolute Gasteiger partial charge is 0.383 e. The van der Waals surface area contributed by atoms with Gasteiger partial charge >= 0.3 is 0 Å². The smallest absolute Gasteiger partial charge is 0.251 e. The van der Waals surface area contributed by atoms with Crippen molar-refractivity contribution in [2.75, 3.05) is 20.3 Å². The van der Waals surface area contributed by atoms with E-state index in [1.165, 1.54) is 25.7 Å². The van der Waals surface area contributed by atoms with Gasteiger partial charge < -0.3 is 10.1 Å². The molecular weight excluding hydrogens is 316 g/mol. The van der Waals surface area contributed by atoms with Crippen LogP contribution in [0.4, 0.5) is 0 Å². The third-order valence-corrected chi connectivity index (χ3v) is 5.40. The molecule has 2 N–H and O–H groups in total. The first-order valence-corrected chi connectivity index (χ1v) is 9.41. The van der Waals surface area contributed by atoms with Crippen LogP contribution in [0.1, 0.15) is 42.5 Å². The molecule has 0 spiro atoms. The van der Waals surface area contributed by atoms with Gasteiger partial charge in [-0.3, -0.25) is 4.79 Å². The molecule has 23 heavy (non-hydrogen) atoms. The second-order valence-electron chi connectivity index (χ2n) is 5.73. The predicted octanol–water partition coefficient (Wildman–Crippen LogP) is 1.67. The molecule has 1 amide bonds. The molecule has 7 heteroatoms. The Balaban J connectivity index is 2.04. The van der Waals surface area contributed by atoms with Gasteiger partial charge in [-0.1, -0.05) is 25.3 Å². The number of sulfonamides is 1. The van der Waals surface area contributed by atoms with E-state index < -0.39 is 10.0 Å². The number of hydrogen-bond acceptors (Lipinski definition) is 4. The summed E-state index contributed by atoms with van der Waals surface area (Å²) in [6.45, 7) is 0.485. The highest BCUT2D eigenvalue weighted by atomic mass is 32.2. The van der Waals surface area contributed by atoms with E-state index in [2.05, 4.69) is 10.0 Å². The zero-order valence-corrected chi connectivity index (χ0v) is 14.2. The molecule has 0 atom stereocenters. The monoisotopic (exact) mass is 340 g/mol. The van der Waals surface area contributed by atoms with Crippen molar-refractivity contribution in [1.82, 2.24) is 10.0 Å². The molecule has 0 unspecified atom stereocenters. The Morgan fingerprint density at radius 1 is 1.26 bits per heavy atom. The number of methoxy groups -OCH3 is 1. The molecular formula is C16H24N2O4S. The number of carbonyl (C=O) groups excluding carboxylic acids is 1. The van der Waals surface area contributed by atoms with Crippen molar-refractivity contribution < 1.29 is 17.9 Å². The minimum atomic E-state index is -3.63. The SMILES string of the molecule is COCCNS(=O)(=O)c1cccc(C(=O)NC2CCCCC2)c1. The highest BCUT2D eigenvalue weighted by molar-refractivity contribution is 7.89. The zero-order valence-electron chi connectivity index (χ0n) is 13.4. The van der Waals surface area contributed by atoms with E-state index >= 15 is 0 Å². The summed E-state index contributed by atoms with van der Waals surface area (Å²) in [5, 5.41) is 2.99. The number of hydrogen-bond donors (Lipinski definition) is 2. The van der Waals surface area contributed by atoms with Crippen LogP contribution in [0.3, 0.4) is 0 Å². The van der Waals surface area contributed by atoms with E-state index in [1.54, 1.807) is 12.1 Å². The van der Waals surface area contributed by atoms with Crippen LogP contribution in [0.25, 0.3) is 0 Å². The van der Waals surface area contributed by atoms with Crippen molar-refractivity contribution >= 4 is 15.9 Å². The van der Waals surface area contributed by atoms with Gasteiger partial charge in [-0.25, -0.2) is 13.1 Å². The molecule has 1 aromatic carbocycles. The van der Waals surface area contributed by atoms with Crippen molar-refractivity contribution in [3.63, 3.8) is 0 Å². The second kappa shape index (κ2) is 8.42. The van der Waals surface area contributed by atoms with E-state index in [-0.39, 0.29) is 23.4 Å². The summed E-state index contributed by atoms with van der Waals surface area (Å²) in [7, 11) is -2.13. The fraction of sp³-hybridized carbons (Fsp3) is 0.562. The lowest BCUT2D eigenvalue weighted by Gasteiger charge is -2.22. The molecule has 0 saturated heterocycles. The number of amides is 1. The number of ether oxygens (including phenoxy) is 1. The molecule has 1 aliphatic carbocycles. The quantitative estimate of drug-likeness (QED) is 0.740. The van der Waals surface area contributed by atoms with Crippen molar-refractivity contribution in [1.29, 1.82) is 0 Å². The predicted molar refractivity (Wildman–Crippen MR) is 87.8 cm³/mol. The molecule has 1 aliphatic rings. The fourth-order valence-electron chi connectivity index (χ4n) is 2.68. The summed E-state index contributed by atoms with van der Waals surface area (Å²) >= 11 is 0. The van der Waals surface area contributed by atoms with Gasteiger partial charge in [0.05, 0.1) is 11.5 Å². The van der Waals surface area contributed by atoms with Crippen LogP contribution in [0, 0.1) is 0 Å². The Kier molecular flexibility index (Phi) is 6.56. The molecule has 0 bridgehead atoms. The second-order valence-corrected chi connectivity index (χ2v) is 7.49. The lowest BCUT2D eigenvalue weighted by molar-refractivity contribution is 0.0927. The van der Waals surface area contributed by atoms with Crippen LogP contribution >= 0.6 is 0 Å². The zero-order chi connectivity index (χ0) is 16.7. The standard InChI is InChI=1S/C16H24N2O4S/c1-22-11-10-17-23(20,21)15-9-5-6-13(12-15)16(19)18-14-7-3-2-4-8-14/h5-6,9,12,14,17H,2-4,7-8,10-11H2,1H3,(H,18,19). The highest BCUT2D eigenvalue weighted by Crippen LogP contribution is 2.18. The maximum Gasteiger partial charge on any atom is 0.251 e. The van der Waals surface area contributed by atoms with E-state index in [0.717, 1.165) is 25.7 Å². The highest BCUT2D eigenvalue weighted by Gasteiger charge is 2.19. The van der Waals surface area contributed by atoms with Crippen LogP contribution in [-0.4, -0.2) is 40.6 Å². The summed E-state index contributed by atoms with van der Waals surface area (Å²) in [6, 6.07) is 6.30. The molecule has 6 nitrogen and oxygen atoms in total. The van der Waals surface area contributed by atoms with Crippen LogP contribution in [0.15, 0.2) is 29.2 Å². The average Bonchev–Trinajstić information content (AvgIpc) is 2.56. The lowest BCUT2D eigenvalue weighted by atomic mass is 9.95. The summed E-state index contributed by atoms with van der Waals surface area (Å²) in [5.74, 6) is -0.217. The molecule has 1 saturated carbocycles. The van der Waals surface area contributed by atoms with E-state index in [0.29, 0.717) is 12.2 Å². The Morgan fingerprint density at radius 3 is 2.70 bits per heavy atom. The molecule has 0 radical (unpaired) electrons. The Labute approximate surface area is 137 Å². The summed E-state index contributed by atoms with van der Waals surface area (Å²) in [5.41, 5.74) is 0.366. The maximum absolute atomic E-state index is 12.3. The van der Waals surface area contributed by atoms with Gasteiger partial charge in [0.2, 0.25) is 10.0 Å². The minimum Gasteiger partial charge on any atom is -0.383 e. The van der Waals surface area contributed by atoms with Crippen molar-refractivity contribution in [2.24, 2.45) is 0 Å². The van der Waals surface area contributed by atoms with Crippen molar-refractivity contribution in [3.8, 4) is 0 Å². The Morgan fingerprint density at radius 2 is 2.00 bits per heavy atom. The van der Waals surface area contributed by atoms with Gasteiger partial charge in [0.25, 0.3) is 5.91 Å². The third-order valence-electron chi connectivity index (χ3n) is 3.95. The molecule has 0 aromatic heterocycles. The van der Waals surface area contributed by atoms with Gasteiger partial charge in [-0.2, -0.15) is 0 Å². The average molecular weight is 340 g/mol. The Bertz CT molecular complexity index is 625. The lowest BCUT2D eigenvalue weighted by Crippen LogP contribution is -2.36. The molecule has 2 rings (SSSR count). The van der Waals surface area contributed by atoms with Crippen LogP contribution in [0.5, 0.6) is 0 Å². The first kappa shape index (κ1) is 17.9. The first-order chi connectivity index (χ1) is 11.0. The van der Waals surface area contributed by atoms with E-state index in [4.69, 9.17) is 4.74 Å². The minimum absolute atomic E-state index is 0.0879. The molecule has 0 aliphatic heterocycles. The number of carbonyl (C=O) groups is 1. The summed E-state index contributed by atoms with van der Waals surface area (Å²) in [4.78, 5) is 12.4. The maximum atomic E-state index is 12.3. The Hall–Kier alpha value is -1.44. The normalized spacial score (nSPS) is 16.2. The fourth-order valence-corrected chi connectivity index (χ4v) is 3.74. The first-order valence-electron chi connectivity index (χ1n) is 7.92. The van der Waals surface area contributed by atoms with Crippen molar-refractivity contribution in [3.05, 3.63) is 29.8 Å². The number of nitrogens with one attached hydrogen (secondary N) is 2.